The van der Waals surface area contributed by atoms with Gasteiger partial charge >= 0.3 is 7.82 Å². The molecule has 0 aromatic heterocycles. The Hall–Kier alpha value is 0.420. The van der Waals surface area contributed by atoms with Crippen molar-refractivity contribution < 1.29 is 23.6 Å². The van der Waals surface area contributed by atoms with E-state index in [9.17, 15) is 4.57 Å². The first-order chi connectivity index (χ1) is 5.02. The van der Waals surface area contributed by atoms with Gasteiger partial charge in [-0.15, -0.1) is 0 Å². The molecule has 2 N–H and O–H groups in total. The molecule has 0 aromatic rings. The second kappa shape index (κ2) is 5.13. The van der Waals surface area contributed by atoms with Crippen LogP contribution < -0.4 is 0 Å². The lowest BCUT2D eigenvalue weighted by molar-refractivity contribution is -0.0414. The second-order valence-corrected chi connectivity index (χ2v) is 3.36. The average Bonchev–Trinajstić information content (AvgIpc) is 1.86. The maximum atomic E-state index is 10.7. The molecule has 0 saturated heterocycles. The Balaban J connectivity index is 3.81. The van der Waals surface area contributed by atoms with Gasteiger partial charge in [0, 0.05) is 0 Å². The lowest BCUT2D eigenvalue weighted by Gasteiger charge is -2.13. The van der Waals surface area contributed by atoms with Crippen molar-refractivity contribution in [3.63, 3.8) is 0 Å². The van der Waals surface area contributed by atoms with Crippen LogP contribution in [0.25, 0.3) is 0 Å². The van der Waals surface area contributed by atoms with Gasteiger partial charge in [-0.25, -0.2) is 4.57 Å². The van der Waals surface area contributed by atoms with Crippen LogP contribution in [0.5, 0.6) is 0 Å². The summed E-state index contributed by atoms with van der Waals surface area (Å²) in [6.07, 6.45) is -1.05. The van der Waals surface area contributed by atoms with Crippen molar-refractivity contribution in [2.45, 2.75) is 19.6 Å². The summed E-state index contributed by atoms with van der Waals surface area (Å²) in [7, 11) is -4.09. The minimum atomic E-state index is -4.09. The van der Waals surface area contributed by atoms with Crippen molar-refractivity contribution in [1.29, 1.82) is 0 Å². The summed E-state index contributed by atoms with van der Waals surface area (Å²) < 4.78 is 19.1. The molecule has 2 atom stereocenters. The van der Waals surface area contributed by atoms with Crippen LogP contribution in [0.1, 0.15) is 13.3 Å². The second-order valence-electron chi connectivity index (χ2n) is 1.70. The molecule has 0 bridgehead atoms. The highest BCUT2D eigenvalue weighted by molar-refractivity contribution is 7.80. The predicted octanol–water partition coefficient (Wildman–Crippen LogP) is 0.736. The monoisotopic (exact) mass is 202 g/mol. The van der Waals surface area contributed by atoms with Crippen molar-refractivity contribution in [1.82, 2.24) is 0 Å². The molecule has 0 amide bonds. The fourth-order valence-corrected chi connectivity index (χ4v) is 1.43. The zero-order valence-electron chi connectivity index (χ0n) is 6.01. The number of thiol groups is 1. The van der Waals surface area contributed by atoms with Crippen LogP contribution in [-0.2, 0) is 13.6 Å². The van der Waals surface area contributed by atoms with Gasteiger partial charge in [0.25, 0.3) is 0 Å². The van der Waals surface area contributed by atoms with E-state index in [1.165, 1.54) is 0 Å². The Bertz CT molecular complexity index is 151. The summed E-state index contributed by atoms with van der Waals surface area (Å²) in [6.45, 7) is 1.60. The van der Waals surface area contributed by atoms with Crippen LogP contribution in [0.3, 0.4) is 0 Å². The van der Waals surface area contributed by atoms with E-state index in [1.54, 1.807) is 6.92 Å². The third kappa shape index (κ3) is 5.66. The number of aliphatic hydroxyl groups is 1. The minimum absolute atomic E-state index is 0.223. The molecule has 5 nitrogen and oxygen atoms in total. The van der Waals surface area contributed by atoms with Gasteiger partial charge in [0.2, 0.25) is 0 Å². The summed E-state index contributed by atoms with van der Waals surface area (Å²) in [5.41, 5.74) is 0. The Morgan fingerprint density at radius 1 is 1.73 bits per heavy atom. The lowest BCUT2D eigenvalue weighted by atomic mass is 10.5. The normalized spacial score (nSPS) is 19.3. The topological polar surface area (TPSA) is 76.0 Å². The van der Waals surface area contributed by atoms with Crippen LogP contribution in [0, 0.1) is 0 Å². The Kier molecular flexibility index (Phi) is 5.33. The molecule has 7 heteroatoms. The molecule has 68 valence electrons. The fourth-order valence-electron chi connectivity index (χ4n) is 0.332. The van der Waals surface area contributed by atoms with Gasteiger partial charge in [0.05, 0.1) is 0 Å². The quantitative estimate of drug-likeness (QED) is 0.348. The number of rotatable bonds is 5. The van der Waals surface area contributed by atoms with Crippen molar-refractivity contribution in [3.05, 3.63) is 0 Å². The first-order valence-corrected chi connectivity index (χ1v) is 5.09. The summed E-state index contributed by atoms with van der Waals surface area (Å²) in [4.78, 5) is 8.72. The number of aliphatic hydroxyl groups excluding tert-OH is 1. The van der Waals surface area contributed by atoms with Crippen LogP contribution in [0.2, 0.25) is 0 Å². The molecule has 11 heavy (non-hydrogen) atoms. The number of phosphoric ester groups is 1. The lowest BCUT2D eigenvalue weighted by Crippen LogP contribution is -2.09. The zero-order chi connectivity index (χ0) is 8.91. The highest BCUT2D eigenvalue weighted by Gasteiger charge is 2.23. The fraction of sp³-hybridized carbons (Fsp3) is 1.00. The highest BCUT2D eigenvalue weighted by atomic mass is 32.1. The molecule has 0 aliphatic carbocycles. The molecule has 0 aliphatic rings. The molecule has 0 aliphatic heterocycles. The van der Waals surface area contributed by atoms with E-state index >= 15 is 0 Å². The Morgan fingerprint density at radius 2 is 2.27 bits per heavy atom. The van der Waals surface area contributed by atoms with Crippen LogP contribution >= 0.6 is 20.5 Å². The molecule has 0 saturated carbocycles. The summed E-state index contributed by atoms with van der Waals surface area (Å²) in [5.74, 6) is -0.232. The van der Waals surface area contributed by atoms with E-state index in [4.69, 9.17) is 10.00 Å². The summed E-state index contributed by atoms with van der Waals surface area (Å²) >= 11 is 3.55. The third-order valence-corrected chi connectivity index (χ3v) is 2.12. The van der Waals surface area contributed by atoms with E-state index in [1.807, 2.05) is 0 Å². The molecular weight excluding hydrogens is 191 g/mol. The first-order valence-electron chi connectivity index (χ1n) is 2.96. The molecular formula is C4H11O5PS. The first kappa shape index (κ1) is 11.4. The maximum Gasteiger partial charge on any atom is 0.475 e. The maximum absolute atomic E-state index is 10.7. The molecule has 0 spiro atoms. The molecule has 0 radical (unpaired) electrons. The summed E-state index contributed by atoms with van der Waals surface area (Å²) in [5, 5.41) is 8.76. The smallest absolute Gasteiger partial charge is 0.367 e. The van der Waals surface area contributed by atoms with Crippen molar-refractivity contribution in [3.8, 4) is 0 Å². The van der Waals surface area contributed by atoms with E-state index in [-0.39, 0.29) is 12.4 Å². The SMILES string of the molecule is CCC(O)OP(=O)(O)OCS. The van der Waals surface area contributed by atoms with Gasteiger partial charge in [0.15, 0.2) is 6.29 Å². The third-order valence-electron chi connectivity index (χ3n) is 0.825. The van der Waals surface area contributed by atoms with Gasteiger partial charge < -0.3 is 10.00 Å². The van der Waals surface area contributed by atoms with Crippen molar-refractivity contribution in [2.24, 2.45) is 0 Å². The van der Waals surface area contributed by atoms with Crippen molar-refractivity contribution >= 4 is 20.5 Å². The van der Waals surface area contributed by atoms with Crippen molar-refractivity contribution in [2.75, 3.05) is 5.94 Å². The molecule has 0 fully saturated rings. The van der Waals surface area contributed by atoms with Gasteiger partial charge in [-0.3, -0.25) is 9.05 Å². The molecule has 0 heterocycles. The minimum Gasteiger partial charge on any atom is -0.367 e. The van der Waals surface area contributed by atoms with Gasteiger partial charge in [0.1, 0.15) is 5.94 Å². The number of hydrogen-bond acceptors (Lipinski definition) is 5. The summed E-state index contributed by atoms with van der Waals surface area (Å²) in [6, 6.07) is 0. The standard InChI is InChI=1S/C4H11O5PS/c1-2-4(5)9-10(6,7)8-3-11/h4-5,11H,2-3H2,1H3,(H,6,7). The van der Waals surface area contributed by atoms with Crippen LogP contribution in [-0.4, -0.2) is 22.2 Å². The Morgan fingerprint density at radius 3 is 2.64 bits per heavy atom. The largest absolute Gasteiger partial charge is 0.475 e. The molecule has 0 rings (SSSR count). The van der Waals surface area contributed by atoms with Crippen LogP contribution in [0.15, 0.2) is 0 Å². The predicted molar refractivity (Wildman–Crippen MR) is 42.1 cm³/mol. The van der Waals surface area contributed by atoms with Crippen LogP contribution in [0.4, 0.5) is 0 Å². The van der Waals surface area contributed by atoms with Gasteiger partial charge in [-0.05, 0) is 6.42 Å². The van der Waals surface area contributed by atoms with Gasteiger partial charge in [-0.2, -0.15) is 12.6 Å². The number of hydrogen-bond donors (Lipinski definition) is 3. The number of phosphoric acid groups is 1. The molecule has 0 aromatic carbocycles. The highest BCUT2D eigenvalue weighted by Crippen LogP contribution is 2.44. The van der Waals surface area contributed by atoms with E-state index in [0.717, 1.165) is 0 Å². The van der Waals surface area contributed by atoms with E-state index < -0.39 is 14.1 Å². The van der Waals surface area contributed by atoms with Gasteiger partial charge in [-0.1, -0.05) is 6.92 Å². The van der Waals surface area contributed by atoms with E-state index in [2.05, 4.69) is 21.7 Å². The average molecular weight is 202 g/mol. The van der Waals surface area contributed by atoms with E-state index in [0.29, 0.717) is 0 Å². The zero-order valence-corrected chi connectivity index (χ0v) is 7.79. The molecule has 2 unspecified atom stereocenters. The Labute approximate surface area is 70.4 Å².